The Morgan fingerprint density at radius 2 is 1.94 bits per heavy atom. The van der Waals surface area contributed by atoms with Crippen LogP contribution in [0.3, 0.4) is 0 Å². The number of ketones is 1. The molecule has 0 radical (unpaired) electrons. The summed E-state index contributed by atoms with van der Waals surface area (Å²) in [6.45, 7) is 7.72. The minimum atomic E-state index is -1.06. The summed E-state index contributed by atoms with van der Waals surface area (Å²) in [4.78, 5) is 11.6. The first-order valence-electron chi connectivity index (χ1n) is 5.83. The summed E-state index contributed by atoms with van der Waals surface area (Å²) in [5.74, 6) is -0.907. The van der Waals surface area contributed by atoms with Crippen molar-refractivity contribution in [3.05, 3.63) is 11.6 Å². The van der Waals surface area contributed by atoms with E-state index < -0.39 is 11.4 Å². The van der Waals surface area contributed by atoms with Gasteiger partial charge >= 0.3 is 0 Å². The second-order valence-corrected chi connectivity index (χ2v) is 5.96. The molecule has 0 bridgehead atoms. The molecule has 0 aromatic carbocycles. The highest BCUT2D eigenvalue weighted by Gasteiger charge is 2.57. The zero-order chi connectivity index (χ0) is 12.2. The van der Waals surface area contributed by atoms with E-state index >= 15 is 0 Å². The molecule has 0 aromatic heterocycles. The summed E-state index contributed by atoms with van der Waals surface area (Å²) >= 11 is 0. The molecule has 1 heterocycles. The van der Waals surface area contributed by atoms with Crippen LogP contribution in [0.2, 0.25) is 0 Å². The van der Waals surface area contributed by atoms with E-state index in [1.165, 1.54) is 0 Å². The lowest BCUT2D eigenvalue weighted by atomic mass is 9.63. The lowest BCUT2D eigenvalue weighted by Crippen LogP contribution is -2.50. The van der Waals surface area contributed by atoms with Gasteiger partial charge < -0.3 is 9.84 Å². The predicted molar refractivity (Wildman–Crippen MR) is 60.8 cm³/mol. The average molecular weight is 224 g/mol. The zero-order valence-electron chi connectivity index (χ0n) is 10.5. The van der Waals surface area contributed by atoms with Crippen LogP contribution < -0.4 is 0 Å². The van der Waals surface area contributed by atoms with Crippen LogP contribution in [0.25, 0.3) is 0 Å². The highest BCUT2D eigenvalue weighted by Crippen LogP contribution is 2.54. The van der Waals surface area contributed by atoms with E-state index in [9.17, 15) is 9.90 Å². The van der Waals surface area contributed by atoms with Gasteiger partial charge in [-0.3, -0.25) is 4.79 Å². The van der Waals surface area contributed by atoms with Crippen LogP contribution in [-0.2, 0) is 9.53 Å². The van der Waals surface area contributed by atoms with E-state index in [0.29, 0.717) is 12.8 Å². The van der Waals surface area contributed by atoms with E-state index in [1.54, 1.807) is 13.0 Å². The number of hydrogen-bond donors (Lipinski definition) is 1. The van der Waals surface area contributed by atoms with Crippen LogP contribution in [0, 0.1) is 5.41 Å². The molecule has 2 atom stereocenters. The molecule has 90 valence electrons. The van der Waals surface area contributed by atoms with Gasteiger partial charge in [0, 0.05) is 18.3 Å². The largest absolute Gasteiger partial charge is 0.366 e. The number of allylic oxidation sites excluding steroid dienone is 1. The highest BCUT2D eigenvalue weighted by molar-refractivity contribution is 5.92. The van der Waals surface area contributed by atoms with E-state index in [2.05, 4.69) is 0 Å². The smallest absolute Gasteiger partial charge is 0.163 e. The van der Waals surface area contributed by atoms with Crippen molar-refractivity contribution in [2.45, 2.75) is 58.3 Å². The number of carbonyl (C=O) groups excluding carboxylic acids is 1. The maximum atomic E-state index is 11.6. The standard InChI is InChI=1S/C13H20O3/c1-9-7-10(14)8-11(2,3)13(9)6-5-12(4,15)16-13/h7,15H,5-6,8H2,1-4H3. The molecule has 2 aliphatic rings. The van der Waals surface area contributed by atoms with E-state index in [-0.39, 0.29) is 11.2 Å². The monoisotopic (exact) mass is 224 g/mol. The Morgan fingerprint density at radius 1 is 1.31 bits per heavy atom. The Morgan fingerprint density at radius 3 is 2.38 bits per heavy atom. The molecule has 1 aliphatic carbocycles. The number of aliphatic hydroxyl groups is 1. The fraction of sp³-hybridized carbons (Fsp3) is 0.769. The van der Waals surface area contributed by atoms with E-state index in [0.717, 1.165) is 12.0 Å². The second-order valence-electron chi connectivity index (χ2n) is 5.96. The van der Waals surface area contributed by atoms with Crippen molar-refractivity contribution >= 4 is 5.78 Å². The minimum Gasteiger partial charge on any atom is -0.366 e. The lowest BCUT2D eigenvalue weighted by molar-refractivity contribution is -0.229. The fourth-order valence-corrected chi connectivity index (χ4v) is 3.16. The average Bonchev–Trinajstić information content (AvgIpc) is 2.40. The third-order valence-electron chi connectivity index (χ3n) is 4.06. The Bertz CT molecular complexity index is 365. The molecule has 2 unspecified atom stereocenters. The van der Waals surface area contributed by atoms with Crippen molar-refractivity contribution < 1.29 is 14.6 Å². The fourth-order valence-electron chi connectivity index (χ4n) is 3.16. The first-order valence-corrected chi connectivity index (χ1v) is 5.83. The van der Waals surface area contributed by atoms with Gasteiger partial charge in [-0.2, -0.15) is 0 Å². The van der Waals surface area contributed by atoms with Gasteiger partial charge in [-0.05, 0) is 31.9 Å². The molecule has 1 fully saturated rings. The molecular weight excluding hydrogens is 204 g/mol. The molecule has 0 aromatic rings. The van der Waals surface area contributed by atoms with Crippen LogP contribution in [0.1, 0.15) is 47.0 Å². The summed E-state index contributed by atoms with van der Waals surface area (Å²) in [6, 6.07) is 0. The zero-order valence-corrected chi connectivity index (χ0v) is 10.5. The Balaban J connectivity index is 2.46. The first-order chi connectivity index (χ1) is 7.19. The SMILES string of the molecule is CC1=CC(=O)CC(C)(C)C12CCC(C)(O)O2. The molecule has 3 nitrogen and oxygen atoms in total. The van der Waals surface area contributed by atoms with Crippen molar-refractivity contribution in [3.63, 3.8) is 0 Å². The van der Waals surface area contributed by atoms with Gasteiger partial charge in [0.2, 0.25) is 0 Å². The van der Waals surface area contributed by atoms with Crippen LogP contribution in [0.4, 0.5) is 0 Å². The molecule has 1 saturated heterocycles. The highest BCUT2D eigenvalue weighted by atomic mass is 16.6. The quantitative estimate of drug-likeness (QED) is 0.686. The molecule has 1 spiro atoms. The maximum absolute atomic E-state index is 11.6. The normalized spacial score (nSPS) is 42.6. The van der Waals surface area contributed by atoms with Crippen LogP contribution in [0.15, 0.2) is 11.6 Å². The molecular formula is C13H20O3. The van der Waals surface area contributed by atoms with Crippen molar-refractivity contribution in [2.24, 2.45) is 5.41 Å². The molecule has 1 N–H and O–H groups in total. The van der Waals surface area contributed by atoms with Crippen LogP contribution in [-0.4, -0.2) is 22.3 Å². The van der Waals surface area contributed by atoms with Crippen molar-refractivity contribution in [1.29, 1.82) is 0 Å². The molecule has 3 heteroatoms. The second kappa shape index (κ2) is 3.17. The van der Waals surface area contributed by atoms with Crippen molar-refractivity contribution in [3.8, 4) is 0 Å². The van der Waals surface area contributed by atoms with Crippen LogP contribution in [0.5, 0.6) is 0 Å². The van der Waals surface area contributed by atoms with Gasteiger partial charge in [0.1, 0.15) is 0 Å². The Hall–Kier alpha value is -0.670. The van der Waals surface area contributed by atoms with E-state index in [4.69, 9.17) is 4.74 Å². The molecule has 0 saturated carbocycles. The van der Waals surface area contributed by atoms with Crippen molar-refractivity contribution in [1.82, 2.24) is 0 Å². The summed E-state index contributed by atoms with van der Waals surface area (Å²) in [7, 11) is 0. The number of carbonyl (C=O) groups is 1. The number of hydrogen-bond acceptors (Lipinski definition) is 3. The van der Waals surface area contributed by atoms with Gasteiger partial charge in [-0.15, -0.1) is 0 Å². The first kappa shape index (κ1) is 11.8. The molecule has 2 rings (SSSR count). The van der Waals surface area contributed by atoms with Gasteiger partial charge in [-0.25, -0.2) is 0 Å². The summed E-state index contributed by atoms with van der Waals surface area (Å²) in [5, 5.41) is 9.99. The topological polar surface area (TPSA) is 46.5 Å². The Kier molecular flexibility index (Phi) is 2.34. The van der Waals surface area contributed by atoms with Crippen LogP contribution >= 0.6 is 0 Å². The van der Waals surface area contributed by atoms with Gasteiger partial charge in [0.15, 0.2) is 11.6 Å². The van der Waals surface area contributed by atoms with Gasteiger partial charge in [-0.1, -0.05) is 13.8 Å². The van der Waals surface area contributed by atoms with Crippen molar-refractivity contribution in [2.75, 3.05) is 0 Å². The van der Waals surface area contributed by atoms with E-state index in [1.807, 2.05) is 20.8 Å². The Labute approximate surface area is 96.5 Å². The summed E-state index contributed by atoms with van der Waals surface area (Å²) in [6.07, 6.45) is 3.56. The maximum Gasteiger partial charge on any atom is 0.163 e. The summed E-state index contributed by atoms with van der Waals surface area (Å²) < 4.78 is 5.89. The molecule has 1 aliphatic heterocycles. The summed E-state index contributed by atoms with van der Waals surface area (Å²) in [5.41, 5.74) is 0.236. The molecule has 0 amide bonds. The molecule has 16 heavy (non-hydrogen) atoms. The predicted octanol–water partition coefficient (Wildman–Crippen LogP) is 2.19. The lowest BCUT2D eigenvalue weighted by Gasteiger charge is -2.47. The minimum absolute atomic E-state index is 0.156. The van der Waals surface area contributed by atoms with Gasteiger partial charge in [0.05, 0.1) is 5.60 Å². The van der Waals surface area contributed by atoms with Gasteiger partial charge in [0.25, 0.3) is 0 Å². The number of rotatable bonds is 0. The third kappa shape index (κ3) is 1.54. The third-order valence-corrected chi connectivity index (χ3v) is 4.06. The number of ether oxygens (including phenoxy) is 1.